The average Bonchev–Trinajstić information content (AvgIpc) is 1.98. The lowest BCUT2D eigenvalue weighted by atomic mass is 10.3. The summed E-state index contributed by atoms with van der Waals surface area (Å²) in [5.74, 6) is -0.308. The second kappa shape index (κ2) is 4.93. The van der Waals surface area contributed by atoms with Crippen LogP contribution in [0.15, 0.2) is 28.9 Å². The summed E-state index contributed by atoms with van der Waals surface area (Å²) in [5.41, 5.74) is 0.0463. The number of hydrogen-bond donors (Lipinski definition) is 0. The molecule has 0 aromatic heterocycles. The third kappa shape index (κ3) is 3.53. The minimum atomic E-state index is -0.471. The first-order chi connectivity index (χ1) is 5.49. The molecule has 0 aliphatic rings. The van der Waals surface area contributed by atoms with Crippen LogP contribution in [0, 0.1) is 0 Å². The summed E-state index contributed by atoms with van der Waals surface area (Å²) >= 11 is 5.47. The third-order valence-corrected chi connectivity index (χ3v) is 1.19. The topological polar surface area (TPSA) is 21.6 Å². The number of aliphatic imine (C=N–C) groups is 1. The van der Waals surface area contributed by atoms with Crippen LogP contribution < -0.4 is 0 Å². The lowest BCUT2D eigenvalue weighted by molar-refractivity contribution is 0.299. The number of hydrogen-bond acceptors (Lipinski definition) is 2. The molecule has 0 unspecified atom stereocenters. The summed E-state index contributed by atoms with van der Waals surface area (Å²) in [6.07, 6.45) is 0. The molecule has 0 aromatic carbocycles. The Balaban J connectivity index is 4.84. The Kier molecular flexibility index (Phi) is 4.59. The highest BCUT2D eigenvalue weighted by Crippen LogP contribution is 2.16. The number of rotatable bonds is 3. The predicted molar refractivity (Wildman–Crippen MR) is 48.9 cm³/mol. The van der Waals surface area contributed by atoms with Crippen molar-refractivity contribution in [2.75, 3.05) is 7.11 Å². The van der Waals surface area contributed by atoms with Gasteiger partial charge in [0.1, 0.15) is 22.5 Å². The maximum absolute atomic E-state index is 12.7. The maximum atomic E-state index is 12.7. The van der Waals surface area contributed by atoms with Crippen LogP contribution in [0.3, 0.4) is 0 Å². The highest BCUT2D eigenvalue weighted by atomic mass is 35.5. The lowest BCUT2D eigenvalue weighted by Gasteiger charge is -2.04. The summed E-state index contributed by atoms with van der Waals surface area (Å²) in [5, 5.41) is 0.236. The van der Waals surface area contributed by atoms with Crippen molar-refractivity contribution in [2.24, 2.45) is 4.99 Å². The summed E-state index contributed by atoms with van der Waals surface area (Å²) in [7, 11) is 1.39. The zero-order chi connectivity index (χ0) is 9.72. The van der Waals surface area contributed by atoms with Crippen molar-refractivity contribution in [3.05, 3.63) is 23.9 Å². The minimum absolute atomic E-state index is 0.0463. The molecule has 0 saturated carbocycles. The number of ether oxygens (including phenoxy) is 1. The van der Waals surface area contributed by atoms with Crippen LogP contribution in [-0.2, 0) is 4.74 Å². The molecule has 0 aliphatic heterocycles. The van der Waals surface area contributed by atoms with Crippen LogP contribution in [0.25, 0.3) is 0 Å². The molecule has 4 heteroatoms. The van der Waals surface area contributed by atoms with Crippen LogP contribution in [0.5, 0.6) is 0 Å². The van der Waals surface area contributed by atoms with E-state index in [-0.39, 0.29) is 16.6 Å². The molecular weight excluding hydrogens is 181 g/mol. The Morgan fingerprint density at radius 3 is 2.25 bits per heavy atom. The zero-order valence-corrected chi connectivity index (χ0v) is 8.07. The van der Waals surface area contributed by atoms with Gasteiger partial charge in [0.05, 0.1) is 7.11 Å². The number of nitrogens with zero attached hydrogens (tertiary/aromatic N) is 1. The fourth-order valence-electron chi connectivity index (χ4n) is 0.582. The second-order valence-electron chi connectivity index (χ2n) is 2.12. The van der Waals surface area contributed by atoms with Crippen LogP contribution >= 0.6 is 11.6 Å². The molecule has 0 fully saturated rings. The minimum Gasteiger partial charge on any atom is -0.495 e. The molecule has 2 nitrogen and oxygen atoms in total. The van der Waals surface area contributed by atoms with Gasteiger partial charge < -0.3 is 4.74 Å². The van der Waals surface area contributed by atoms with E-state index >= 15 is 0 Å². The van der Waals surface area contributed by atoms with E-state index in [2.05, 4.69) is 11.6 Å². The highest BCUT2D eigenvalue weighted by molar-refractivity contribution is 6.64. The van der Waals surface area contributed by atoms with Crippen molar-refractivity contribution < 1.29 is 9.13 Å². The van der Waals surface area contributed by atoms with Crippen molar-refractivity contribution in [2.45, 2.75) is 13.8 Å². The molecule has 0 rings (SSSR count). The van der Waals surface area contributed by atoms with Gasteiger partial charge in [0, 0.05) is 0 Å². The van der Waals surface area contributed by atoms with Crippen molar-refractivity contribution in [1.29, 1.82) is 0 Å². The second-order valence-corrected chi connectivity index (χ2v) is 2.67. The number of methoxy groups -OCH3 is 1. The molecule has 0 N–H and O–H groups in total. The largest absolute Gasteiger partial charge is 0.495 e. The first-order valence-corrected chi connectivity index (χ1v) is 3.67. The first kappa shape index (κ1) is 11.2. The number of allylic oxidation sites excluding steroid dienone is 1. The monoisotopic (exact) mass is 191 g/mol. The number of halogens is 2. The van der Waals surface area contributed by atoms with Gasteiger partial charge in [-0.3, -0.25) is 0 Å². The molecular formula is C8H11ClFNO. The SMILES string of the molecule is C=C(OC)/C(N=C(C)Cl)=C(/C)F. The molecule has 68 valence electrons. The summed E-state index contributed by atoms with van der Waals surface area (Å²) in [6.45, 7) is 6.28. The molecule has 0 amide bonds. The van der Waals surface area contributed by atoms with E-state index in [1.54, 1.807) is 6.92 Å². The van der Waals surface area contributed by atoms with Gasteiger partial charge in [0.15, 0.2) is 0 Å². The van der Waals surface area contributed by atoms with Gasteiger partial charge in [0.25, 0.3) is 0 Å². The van der Waals surface area contributed by atoms with Gasteiger partial charge in [-0.05, 0) is 13.8 Å². The highest BCUT2D eigenvalue weighted by Gasteiger charge is 2.05. The zero-order valence-electron chi connectivity index (χ0n) is 7.32. The van der Waals surface area contributed by atoms with Gasteiger partial charge in [-0.25, -0.2) is 9.38 Å². The molecule has 0 aromatic rings. The van der Waals surface area contributed by atoms with E-state index in [0.29, 0.717) is 0 Å². The van der Waals surface area contributed by atoms with Gasteiger partial charge in [0.2, 0.25) is 0 Å². The van der Waals surface area contributed by atoms with E-state index in [0.717, 1.165) is 0 Å². The third-order valence-electron chi connectivity index (χ3n) is 1.10. The van der Waals surface area contributed by atoms with Gasteiger partial charge in [-0.1, -0.05) is 18.2 Å². The molecule has 0 bridgehead atoms. The van der Waals surface area contributed by atoms with E-state index in [1.165, 1.54) is 14.0 Å². The summed E-state index contributed by atoms with van der Waals surface area (Å²) in [4.78, 5) is 3.71. The molecule has 0 radical (unpaired) electrons. The van der Waals surface area contributed by atoms with Gasteiger partial charge in [-0.2, -0.15) is 0 Å². The normalized spacial score (nSPS) is 13.9. The Bertz CT molecular complexity index is 237. The van der Waals surface area contributed by atoms with Crippen molar-refractivity contribution in [1.82, 2.24) is 0 Å². The Morgan fingerprint density at radius 1 is 1.50 bits per heavy atom. The maximum Gasteiger partial charge on any atom is 0.140 e. The Hall–Kier alpha value is -0.830. The Labute approximate surface area is 76.4 Å². The van der Waals surface area contributed by atoms with Crippen molar-refractivity contribution >= 4 is 16.8 Å². The van der Waals surface area contributed by atoms with Gasteiger partial charge in [-0.15, -0.1) is 0 Å². The van der Waals surface area contributed by atoms with Crippen molar-refractivity contribution in [3.8, 4) is 0 Å². The summed E-state index contributed by atoms with van der Waals surface area (Å²) < 4.78 is 17.5. The van der Waals surface area contributed by atoms with Crippen molar-refractivity contribution in [3.63, 3.8) is 0 Å². The molecule has 0 saturated heterocycles. The molecule has 0 heterocycles. The van der Waals surface area contributed by atoms with E-state index < -0.39 is 5.83 Å². The first-order valence-electron chi connectivity index (χ1n) is 3.29. The smallest absolute Gasteiger partial charge is 0.140 e. The van der Waals surface area contributed by atoms with Crippen LogP contribution in [-0.4, -0.2) is 12.3 Å². The lowest BCUT2D eigenvalue weighted by Crippen LogP contribution is -1.92. The van der Waals surface area contributed by atoms with Crippen LogP contribution in [0.4, 0.5) is 4.39 Å². The van der Waals surface area contributed by atoms with E-state index in [9.17, 15) is 4.39 Å². The molecule has 12 heavy (non-hydrogen) atoms. The van der Waals surface area contributed by atoms with E-state index in [1.807, 2.05) is 0 Å². The predicted octanol–water partition coefficient (Wildman–Crippen LogP) is 3.00. The van der Waals surface area contributed by atoms with Crippen LogP contribution in [0.1, 0.15) is 13.8 Å². The molecule has 0 spiro atoms. The summed E-state index contributed by atoms with van der Waals surface area (Å²) in [6, 6.07) is 0. The standard InChI is InChI=1S/C8H11ClFNO/c1-5(10)8(6(2)12-4)11-7(3)9/h2H2,1,3-4H3/b8-5+,11-7?. The molecule has 0 atom stereocenters. The fraction of sp³-hybridized carbons (Fsp3) is 0.375. The average molecular weight is 192 g/mol. The van der Waals surface area contributed by atoms with E-state index in [4.69, 9.17) is 16.3 Å². The quantitative estimate of drug-likeness (QED) is 0.382. The fourth-order valence-corrected chi connectivity index (χ4v) is 0.667. The van der Waals surface area contributed by atoms with Gasteiger partial charge >= 0.3 is 0 Å². The Morgan fingerprint density at radius 2 is 2.00 bits per heavy atom. The molecule has 0 aliphatic carbocycles. The van der Waals surface area contributed by atoms with Crippen LogP contribution in [0.2, 0.25) is 0 Å².